The zero-order valence-electron chi connectivity index (χ0n) is 19.2. The fraction of sp³-hybridized carbons (Fsp3) is 0.440. The zero-order chi connectivity index (χ0) is 23.9. The first-order valence-electron chi connectivity index (χ1n) is 11.0. The number of hydrogen-bond donors (Lipinski definition) is 0. The number of methoxy groups -OCH3 is 1. The number of alkyl halides is 2. The molecule has 0 aliphatic carbocycles. The molecule has 1 saturated heterocycles. The molecular formula is C25H28F3N3O2. The number of aryl methyl sites for hydroxylation is 1. The van der Waals surface area contributed by atoms with Crippen molar-refractivity contribution in [3.05, 3.63) is 58.5 Å². The van der Waals surface area contributed by atoms with E-state index in [4.69, 9.17) is 4.74 Å². The van der Waals surface area contributed by atoms with Crippen molar-refractivity contribution in [1.82, 2.24) is 14.5 Å². The quantitative estimate of drug-likeness (QED) is 0.547. The Morgan fingerprint density at radius 1 is 1.27 bits per heavy atom. The molecule has 0 saturated carbocycles. The molecule has 0 bridgehead atoms. The molecule has 0 spiro atoms. The largest absolute Gasteiger partial charge is 0.496 e. The Bertz CT molecular complexity index is 1240. The number of benzene rings is 1. The maximum absolute atomic E-state index is 15.3. The lowest BCUT2D eigenvalue weighted by Gasteiger charge is -2.40. The third-order valence-electron chi connectivity index (χ3n) is 6.59. The lowest BCUT2D eigenvalue weighted by atomic mass is 9.83. The summed E-state index contributed by atoms with van der Waals surface area (Å²) in [6.07, 6.45) is 5.08. The van der Waals surface area contributed by atoms with Crippen molar-refractivity contribution in [3.63, 3.8) is 0 Å². The standard InChI is InChI=1S/C25H28F3N3O2/c1-15(2)21-6-8-31(14-25(21,27)28)13-20-22(26)9-16(10-23(20)33-4)19-12-30(3)24(32)18-11-29-7-5-17(18)19/h5,7,9-12,15,21H,6,8,13-14H2,1-4H3. The number of piperidine rings is 1. The summed E-state index contributed by atoms with van der Waals surface area (Å²) in [6, 6.07) is 4.78. The van der Waals surface area contributed by atoms with E-state index in [1.54, 1.807) is 36.5 Å². The number of nitrogens with zero attached hydrogens (tertiary/aromatic N) is 3. The van der Waals surface area contributed by atoms with Gasteiger partial charge in [0.2, 0.25) is 0 Å². The van der Waals surface area contributed by atoms with E-state index >= 15 is 4.39 Å². The second kappa shape index (κ2) is 8.82. The van der Waals surface area contributed by atoms with Gasteiger partial charge in [0.15, 0.2) is 0 Å². The average molecular weight is 460 g/mol. The minimum atomic E-state index is -2.82. The molecule has 0 radical (unpaired) electrons. The number of halogens is 3. The highest BCUT2D eigenvalue weighted by Crippen LogP contribution is 2.39. The molecule has 1 unspecified atom stereocenters. The third-order valence-corrected chi connectivity index (χ3v) is 6.59. The van der Waals surface area contributed by atoms with Crippen molar-refractivity contribution in [3.8, 4) is 16.9 Å². The van der Waals surface area contributed by atoms with Crippen LogP contribution >= 0.6 is 0 Å². The lowest BCUT2D eigenvalue weighted by molar-refractivity contribution is -0.126. The van der Waals surface area contributed by atoms with Crippen LogP contribution in [-0.2, 0) is 13.6 Å². The molecular weight excluding hydrogens is 431 g/mol. The summed E-state index contributed by atoms with van der Waals surface area (Å²) in [7, 11) is 3.06. The number of aromatic nitrogens is 2. The maximum Gasteiger partial charge on any atom is 0.263 e. The van der Waals surface area contributed by atoms with Crippen LogP contribution < -0.4 is 10.3 Å². The van der Waals surface area contributed by atoms with Crippen LogP contribution in [0, 0.1) is 17.7 Å². The molecule has 176 valence electrons. The predicted octanol–water partition coefficient (Wildman–Crippen LogP) is 4.86. The first kappa shape index (κ1) is 23.3. The van der Waals surface area contributed by atoms with E-state index < -0.39 is 24.2 Å². The van der Waals surface area contributed by atoms with E-state index in [0.29, 0.717) is 34.9 Å². The van der Waals surface area contributed by atoms with Crippen LogP contribution in [0.15, 0.2) is 41.6 Å². The SMILES string of the molecule is COc1cc(-c2cn(C)c(=O)c3cnccc23)cc(F)c1CN1CCC(C(C)C)C(F)(F)C1. The molecule has 8 heteroatoms. The first-order chi connectivity index (χ1) is 15.6. The van der Waals surface area contributed by atoms with Gasteiger partial charge in [-0.25, -0.2) is 13.2 Å². The Hall–Kier alpha value is -2.87. The smallest absolute Gasteiger partial charge is 0.263 e. The minimum Gasteiger partial charge on any atom is -0.496 e. The van der Waals surface area contributed by atoms with Gasteiger partial charge in [0, 0.05) is 49.2 Å². The van der Waals surface area contributed by atoms with Crippen LogP contribution in [-0.4, -0.2) is 40.6 Å². The second-order valence-corrected chi connectivity index (χ2v) is 9.13. The Balaban J connectivity index is 1.71. The summed E-state index contributed by atoms with van der Waals surface area (Å²) in [6.45, 7) is 3.73. The van der Waals surface area contributed by atoms with E-state index in [0.717, 1.165) is 0 Å². The molecule has 0 amide bonds. The van der Waals surface area contributed by atoms with E-state index in [2.05, 4.69) is 4.98 Å². The maximum atomic E-state index is 15.3. The average Bonchev–Trinajstić information content (AvgIpc) is 2.76. The topological polar surface area (TPSA) is 47.4 Å². The molecule has 1 fully saturated rings. The Kier molecular flexibility index (Phi) is 6.22. The lowest BCUT2D eigenvalue weighted by Crippen LogP contribution is -2.49. The fourth-order valence-corrected chi connectivity index (χ4v) is 4.85. The summed E-state index contributed by atoms with van der Waals surface area (Å²) >= 11 is 0. The number of hydrogen-bond acceptors (Lipinski definition) is 4. The van der Waals surface area contributed by atoms with Gasteiger partial charge >= 0.3 is 0 Å². The summed E-state index contributed by atoms with van der Waals surface area (Å²) in [4.78, 5) is 18.1. The van der Waals surface area contributed by atoms with Gasteiger partial charge in [-0.15, -0.1) is 0 Å². The molecule has 4 rings (SSSR count). The molecule has 1 aromatic carbocycles. The van der Waals surface area contributed by atoms with Gasteiger partial charge in [-0.3, -0.25) is 14.7 Å². The van der Waals surface area contributed by atoms with Crippen molar-refractivity contribution >= 4 is 10.8 Å². The summed E-state index contributed by atoms with van der Waals surface area (Å²) in [5, 5.41) is 1.08. The van der Waals surface area contributed by atoms with Gasteiger partial charge in [0.1, 0.15) is 11.6 Å². The molecule has 2 aromatic heterocycles. The number of ether oxygens (including phenoxy) is 1. The summed E-state index contributed by atoms with van der Waals surface area (Å²) < 4.78 is 51.6. The van der Waals surface area contributed by atoms with E-state index in [1.165, 1.54) is 23.9 Å². The van der Waals surface area contributed by atoms with Crippen LogP contribution in [0.5, 0.6) is 5.75 Å². The summed E-state index contributed by atoms with van der Waals surface area (Å²) in [5.74, 6) is -3.85. The van der Waals surface area contributed by atoms with Crippen molar-refractivity contribution in [2.45, 2.75) is 32.7 Å². The van der Waals surface area contributed by atoms with Gasteiger partial charge in [0.05, 0.1) is 19.0 Å². The normalized spacial score (nSPS) is 18.7. The number of rotatable bonds is 5. The van der Waals surface area contributed by atoms with Gasteiger partial charge in [-0.2, -0.15) is 0 Å². The van der Waals surface area contributed by atoms with Crippen LogP contribution in [0.2, 0.25) is 0 Å². The number of fused-ring (bicyclic) bond motifs is 1. The van der Waals surface area contributed by atoms with Crippen LogP contribution in [0.3, 0.4) is 0 Å². The van der Waals surface area contributed by atoms with Crippen molar-refractivity contribution in [1.29, 1.82) is 0 Å². The molecule has 33 heavy (non-hydrogen) atoms. The molecule has 1 aliphatic heterocycles. The van der Waals surface area contributed by atoms with Gasteiger partial charge in [-0.05, 0) is 48.0 Å². The molecule has 3 heterocycles. The minimum absolute atomic E-state index is 0.0354. The fourth-order valence-electron chi connectivity index (χ4n) is 4.85. The third kappa shape index (κ3) is 4.36. The first-order valence-corrected chi connectivity index (χ1v) is 11.0. The van der Waals surface area contributed by atoms with Crippen LogP contribution in [0.4, 0.5) is 13.2 Å². The van der Waals surface area contributed by atoms with Gasteiger partial charge in [0.25, 0.3) is 11.5 Å². The van der Waals surface area contributed by atoms with Gasteiger partial charge in [-0.1, -0.05) is 13.8 Å². The van der Waals surface area contributed by atoms with Crippen molar-refractivity contribution in [2.24, 2.45) is 18.9 Å². The predicted molar refractivity (Wildman–Crippen MR) is 122 cm³/mol. The monoisotopic (exact) mass is 459 g/mol. The van der Waals surface area contributed by atoms with Crippen molar-refractivity contribution in [2.75, 3.05) is 20.2 Å². The van der Waals surface area contributed by atoms with E-state index in [1.807, 2.05) is 13.8 Å². The second-order valence-electron chi connectivity index (χ2n) is 9.13. The molecule has 1 atom stereocenters. The number of likely N-dealkylation sites (tertiary alicyclic amines) is 1. The highest BCUT2D eigenvalue weighted by atomic mass is 19.3. The Morgan fingerprint density at radius 2 is 2.03 bits per heavy atom. The highest BCUT2D eigenvalue weighted by molar-refractivity contribution is 5.95. The highest BCUT2D eigenvalue weighted by Gasteiger charge is 2.45. The molecule has 1 aliphatic rings. The zero-order valence-corrected chi connectivity index (χ0v) is 19.2. The van der Waals surface area contributed by atoms with Crippen molar-refractivity contribution < 1.29 is 17.9 Å². The Morgan fingerprint density at radius 3 is 2.70 bits per heavy atom. The molecule has 3 aromatic rings. The number of pyridine rings is 2. The summed E-state index contributed by atoms with van der Waals surface area (Å²) in [5.41, 5.74) is 1.23. The molecule has 0 N–H and O–H groups in total. The van der Waals surface area contributed by atoms with E-state index in [-0.39, 0.29) is 29.3 Å². The molecule has 5 nitrogen and oxygen atoms in total. The van der Waals surface area contributed by atoms with Gasteiger partial charge < -0.3 is 9.30 Å². The van der Waals surface area contributed by atoms with E-state index in [9.17, 15) is 13.6 Å². The Labute approximate surface area is 190 Å². The van der Waals surface area contributed by atoms with Crippen LogP contribution in [0.1, 0.15) is 25.8 Å². The van der Waals surface area contributed by atoms with Crippen LogP contribution in [0.25, 0.3) is 21.9 Å².